The summed E-state index contributed by atoms with van der Waals surface area (Å²) in [6.45, 7) is 2.44. The van der Waals surface area contributed by atoms with Gasteiger partial charge in [-0.15, -0.1) is 0 Å². The second-order valence-electron chi connectivity index (χ2n) is 8.97. The Kier molecular flexibility index (Phi) is 5.47. The molecule has 6 nitrogen and oxygen atoms in total. The summed E-state index contributed by atoms with van der Waals surface area (Å²) in [5.41, 5.74) is 0.476. The Morgan fingerprint density at radius 2 is 1.66 bits per heavy atom. The van der Waals surface area contributed by atoms with Crippen LogP contribution < -0.4 is 4.90 Å². The van der Waals surface area contributed by atoms with Crippen molar-refractivity contribution in [1.82, 2.24) is 4.90 Å². The summed E-state index contributed by atoms with van der Waals surface area (Å²) < 4.78 is 25.0. The molecule has 0 radical (unpaired) electrons. The van der Waals surface area contributed by atoms with Crippen molar-refractivity contribution in [3.63, 3.8) is 0 Å². The van der Waals surface area contributed by atoms with Crippen LogP contribution in [0.3, 0.4) is 0 Å². The van der Waals surface area contributed by atoms with Gasteiger partial charge in [0.2, 0.25) is 5.91 Å². The number of benzene rings is 2. The third-order valence-corrected chi connectivity index (χ3v) is 7.07. The number of carbonyl (C=O) groups excluding carboxylic acids is 2. The Hall–Kier alpha value is -2.77. The minimum Gasteiger partial charge on any atom is -0.381 e. The summed E-state index contributed by atoms with van der Waals surface area (Å²) >= 11 is 0. The molecule has 1 spiro atoms. The molecular weight excluding hydrogens is 411 g/mol. The lowest BCUT2D eigenvalue weighted by Crippen LogP contribution is -2.57. The number of hydrogen-bond acceptors (Lipinski definition) is 4. The topological polar surface area (TPSA) is 59.1 Å². The summed E-state index contributed by atoms with van der Waals surface area (Å²) in [4.78, 5) is 30.0. The van der Waals surface area contributed by atoms with Crippen LogP contribution in [-0.2, 0) is 24.5 Å². The molecule has 0 aromatic heterocycles. The molecule has 3 fully saturated rings. The van der Waals surface area contributed by atoms with Crippen molar-refractivity contribution in [1.29, 1.82) is 0 Å². The second-order valence-corrected chi connectivity index (χ2v) is 8.97. The van der Waals surface area contributed by atoms with Crippen LogP contribution in [0.2, 0.25) is 0 Å². The van der Waals surface area contributed by atoms with Gasteiger partial charge in [-0.05, 0) is 49.1 Å². The van der Waals surface area contributed by atoms with Gasteiger partial charge in [-0.25, -0.2) is 4.39 Å². The SMILES string of the molecule is O=C1CO[C@]2(CCN(C(=O)C3(c4ccccc4)CCOCC3)C2)CN1c1ccc(F)cc1. The lowest BCUT2D eigenvalue weighted by molar-refractivity contribution is -0.144. The van der Waals surface area contributed by atoms with Crippen molar-refractivity contribution in [2.75, 3.05) is 44.4 Å². The van der Waals surface area contributed by atoms with E-state index in [1.807, 2.05) is 35.2 Å². The summed E-state index contributed by atoms with van der Waals surface area (Å²) in [5.74, 6) is -0.389. The molecule has 5 rings (SSSR count). The molecule has 0 N–H and O–H groups in total. The number of halogens is 1. The average Bonchev–Trinajstić information content (AvgIpc) is 3.25. The van der Waals surface area contributed by atoms with E-state index in [2.05, 4.69) is 0 Å². The summed E-state index contributed by atoms with van der Waals surface area (Å²) in [5, 5.41) is 0. The predicted octanol–water partition coefficient (Wildman–Crippen LogP) is 2.91. The van der Waals surface area contributed by atoms with Crippen molar-refractivity contribution >= 4 is 17.5 Å². The molecule has 0 unspecified atom stereocenters. The molecule has 3 heterocycles. The Morgan fingerprint density at radius 1 is 0.938 bits per heavy atom. The molecule has 0 aliphatic carbocycles. The smallest absolute Gasteiger partial charge is 0.253 e. The maximum absolute atomic E-state index is 13.9. The van der Waals surface area contributed by atoms with Crippen LogP contribution in [0.15, 0.2) is 54.6 Å². The number of morpholine rings is 1. The van der Waals surface area contributed by atoms with Gasteiger partial charge in [-0.3, -0.25) is 9.59 Å². The number of rotatable bonds is 3. The number of hydrogen-bond donors (Lipinski definition) is 0. The van der Waals surface area contributed by atoms with E-state index in [0.29, 0.717) is 57.8 Å². The quantitative estimate of drug-likeness (QED) is 0.740. The summed E-state index contributed by atoms with van der Waals surface area (Å²) in [7, 11) is 0. The number of amides is 2. The maximum atomic E-state index is 13.9. The van der Waals surface area contributed by atoms with E-state index in [9.17, 15) is 14.0 Å². The number of likely N-dealkylation sites (tertiary alicyclic amines) is 1. The Bertz CT molecular complexity index is 991. The van der Waals surface area contributed by atoms with Crippen LogP contribution in [0, 0.1) is 5.82 Å². The zero-order valence-electron chi connectivity index (χ0n) is 18.0. The fraction of sp³-hybridized carbons (Fsp3) is 0.440. The van der Waals surface area contributed by atoms with Crippen LogP contribution in [0.4, 0.5) is 10.1 Å². The molecule has 2 amide bonds. The number of ether oxygens (including phenoxy) is 2. The first kappa shape index (κ1) is 21.1. The van der Waals surface area contributed by atoms with Gasteiger partial charge < -0.3 is 19.3 Å². The third kappa shape index (κ3) is 3.69. The first-order valence-electron chi connectivity index (χ1n) is 11.1. The zero-order valence-corrected chi connectivity index (χ0v) is 18.0. The Balaban J connectivity index is 1.37. The third-order valence-electron chi connectivity index (χ3n) is 7.07. The molecule has 0 bridgehead atoms. The van der Waals surface area contributed by atoms with Gasteiger partial charge in [-0.2, -0.15) is 0 Å². The molecule has 168 valence electrons. The molecule has 1 atom stereocenters. The molecule has 3 aliphatic rings. The molecule has 2 aromatic carbocycles. The number of carbonyl (C=O) groups is 2. The van der Waals surface area contributed by atoms with E-state index in [0.717, 1.165) is 5.56 Å². The van der Waals surface area contributed by atoms with Gasteiger partial charge in [0.05, 0.1) is 18.5 Å². The maximum Gasteiger partial charge on any atom is 0.253 e. The van der Waals surface area contributed by atoms with Crippen LogP contribution in [0.25, 0.3) is 0 Å². The highest BCUT2D eigenvalue weighted by atomic mass is 19.1. The van der Waals surface area contributed by atoms with Crippen LogP contribution >= 0.6 is 0 Å². The second kappa shape index (κ2) is 8.30. The highest BCUT2D eigenvalue weighted by Gasteiger charge is 2.51. The minimum atomic E-state index is -0.610. The van der Waals surface area contributed by atoms with Gasteiger partial charge in [0.15, 0.2) is 0 Å². The monoisotopic (exact) mass is 438 g/mol. The van der Waals surface area contributed by atoms with E-state index in [1.54, 1.807) is 17.0 Å². The summed E-state index contributed by atoms with van der Waals surface area (Å²) in [6.07, 6.45) is 1.96. The molecule has 7 heteroatoms. The van der Waals surface area contributed by atoms with Crippen molar-refractivity contribution in [3.8, 4) is 0 Å². The molecule has 32 heavy (non-hydrogen) atoms. The van der Waals surface area contributed by atoms with Crippen molar-refractivity contribution in [2.45, 2.75) is 30.3 Å². The first-order chi connectivity index (χ1) is 15.5. The molecular formula is C25H27FN2O4. The van der Waals surface area contributed by atoms with E-state index in [1.165, 1.54) is 12.1 Å². The Labute approximate surface area is 186 Å². The van der Waals surface area contributed by atoms with Gasteiger partial charge in [-0.1, -0.05) is 30.3 Å². The van der Waals surface area contributed by atoms with E-state index in [-0.39, 0.29) is 24.2 Å². The van der Waals surface area contributed by atoms with Gasteiger partial charge in [0.1, 0.15) is 18.0 Å². The van der Waals surface area contributed by atoms with E-state index < -0.39 is 11.0 Å². The normalized spacial score (nSPS) is 25.3. The lowest BCUT2D eigenvalue weighted by Gasteiger charge is -2.42. The van der Waals surface area contributed by atoms with Crippen molar-refractivity contribution < 1.29 is 23.5 Å². The highest BCUT2D eigenvalue weighted by molar-refractivity contribution is 5.95. The van der Waals surface area contributed by atoms with Crippen LogP contribution in [-0.4, -0.2) is 61.8 Å². The van der Waals surface area contributed by atoms with Gasteiger partial charge >= 0.3 is 0 Å². The van der Waals surface area contributed by atoms with Crippen molar-refractivity contribution in [3.05, 3.63) is 66.0 Å². The zero-order chi connectivity index (χ0) is 22.2. The minimum absolute atomic E-state index is 0.0446. The number of anilines is 1. The summed E-state index contributed by atoms with van der Waals surface area (Å²) in [6, 6.07) is 15.9. The lowest BCUT2D eigenvalue weighted by atomic mass is 9.73. The van der Waals surface area contributed by atoms with Gasteiger partial charge in [0.25, 0.3) is 5.91 Å². The molecule has 2 aromatic rings. The average molecular weight is 438 g/mol. The molecule has 3 aliphatic heterocycles. The largest absolute Gasteiger partial charge is 0.381 e. The highest BCUT2D eigenvalue weighted by Crippen LogP contribution is 2.40. The fourth-order valence-corrected chi connectivity index (χ4v) is 5.24. The fourth-order valence-electron chi connectivity index (χ4n) is 5.24. The van der Waals surface area contributed by atoms with Crippen LogP contribution in [0.5, 0.6) is 0 Å². The molecule has 3 saturated heterocycles. The van der Waals surface area contributed by atoms with E-state index in [4.69, 9.17) is 9.47 Å². The predicted molar refractivity (Wildman–Crippen MR) is 117 cm³/mol. The first-order valence-corrected chi connectivity index (χ1v) is 11.1. The van der Waals surface area contributed by atoms with E-state index >= 15 is 0 Å². The standard InChI is InChI=1S/C25H27FN2O4/c26-20-6-8-21(9-7-20)28-18-24(32-16-22(28)29)10-13-27(17-24)23(30)25(11-14-31-15-12-25)19-4-2-1-3-5-19/h1-9H,10-18H2/t24-/m0/s1. The Morgan fingerprint density at radius 3 is 2.38 bits per heavy atom. The molecule has 0 saturated carbocycles. The van der Waals surface area contributed by atoms with Crippen LogP contribution in [0.1, 0.15) is 24.8 Å². The van der Waals surface area contributed by atoms with Crippen molar-refractivity contribution in [2.24, 2.45) is 0 Å². The van der Waals surface area contributed by atoms with Gasteiger partial charge in [0, 0.05) is 25.4 Å². The number of nitrogens with zero attached hydrogens (tertiary/aromatic N) is 2.